The lowest BCUT2D eigenvalue weighted by molar-refractivity contribution is -0.0757. The van der Waals surface area contributed by atoms with E-state index in [9.17, 15) is 0 Å². The van der Waals surface area contributed by atoms with Gasteiger partial charge in [0.1, 0.15) is 0 Å². The van der Waals surface area contributed by atoms with E-state index in [-0.39, 0.29) is 0 Å². The predicted octanol–water partition coefficient (Wildman–Crippen LogP) is 3.22. The second-order valence-electron chi connectivity index (χ2n) is 8.02. The highest BCUT2D eigenvalue weighted by atomic mass is 15.2. The van der Waals surface area contributed by atoms with Gasteiger partial charge in [-0.05, 0) is 80.5 Å². The van der Waals surface area contributed by atoms with Crippen LogP contribution >= 0.6 is 0 Å². The van der Waals surface area contributed by atoms with Crippen LogP contribution in [0.1, 0.15) is 64.2 Å². The molecule has 1 atom stereocenters. The molecule has 5 aliphatic rings. The Labute approximate surface area is 111 Å². The number of hydrogen-bond acceptors (Lipinski definition) is 2. The third-order valence-corrected chi connectivity index (χ3v) is 6.59. The van der Waals surface area contributed by atoms with Crippen molar-refractivity contribution in [2.45, 2.75) is 70.3 Å². The first-order chi connectivity index (χ1) is 8.77. The molecule has 0 spiro atoms. The molecule has 0 aliphatic heterocycles. The van der Waals surface area contributed by atoms with Gasteiger partial charge in [-0.1, -0.05) is 12.8 Å². The average molecular weight is 248 g/mol. The van der Waals surface area contributed by atoms with Crippen molar-refractivity contribution in [3.63, 3.8) is 0 Å². The summed E-state index contributed by atoms with van der Waals surface area (Å²) in [6.07, 6.45) is 14.8. The smallest absolute Gasteiger partial charge is 0.0267 e. The van der Waals surface area contributed by atoms with Crippen molar-refractivity contribution < 1.29 is 0 Å². The van der Waals surface area contributed by atoms with E-state index in [2.05, 4.69) is 5.43 Å². The van der Waals surface area contributed by atoms with Gasteiger partial charge in [0.15, 0.2) is 0 Å². The van der Waals surface area contributed by atoms with Crippen molar-refractivity contribution in [3.8, 4) is 0 Å². The van der Waals surface area contributed by atoms with E-state index in [1.165, 1.54) is 64.2 Å². The van der Waals surface area contributed by atoms with Crippen LogP contribution in [0.25, 0.3) is 0 Å². The fraction of sp³-hybridized carbons (Fsp3) is 1.00. The topological polar surface area (TPSA) is 38.0 Å². The summed E-state index contributed by atoms with van der Waals surface area (Å²) in [5.41, 5.74) is 3.84. The molecule has 102 valence electrons. The molecular weight excluding hydrogens is 220 g/mol. The lowest BCUT2D eigenvalue weighted by Gasteiger charge is -2.59. The van der Waals surface area contributed by atoms with E-state index in [0.29, 0.717) is 11.5 Å². The molecule has 0 aromatic heterocycles. The minimum atomic E-state index is 0.596. The van der Waals surface area contributed by atoms with Gasteiger partial charge < -0.3 is 0 Å². The molecule has 2 heteroatoms. The Morgan fingerprint density at radius 2 is 1.56 bits per heavy atom. The van der Waals surface area contributed by atoms with Crippen molar-refractivity contribution in [3.05, 3.63) is 0 Å². The van der Waals surface area contributed by atoms with Crippen LogP contribution in [0.15, 0.2) is 0 Å². The third kappa shape index (κ3) is 1.92. The Bertz CT molecular complexity index is 286. The number of hydrogen-bond donors (Lipinski definition) is 2. The maximum absolute atomic E-state index is 5.95. The summed E-state index contributed by atoms with van der Waals surface area (Å²) < 4.78 is 0. The second kappa shape index (κ2) is 4.21. The Kier molecular flexibility index (Phi) is 2.74. The highest BCUT2D eigenvalue weighted by Gasteiger charge is 2.53. The molecule has 1 unspecified atom stereocenters. The zero-order chi connectivity index (χ0) is 12.2. The first kappa shape index (κ1) is 11.7. The van der Waals surface area contributed by atoms with Gasteiger partial charge in [0, 0.05) is 6.04 Å². The van der Waals surface area contributed by atoms with Gasteiger partial charge in [-0.25, -0.2) is 0 Å². The molecule has 3 N–H and O–H groups in total. The largest absolute Gasteiger partial charge is 0.271 e. The Morgan fingerprint density at radius 1 is 1.00 bits per heavy atom. The van der Waals surface area contributed by atoms with Crippen molar-refractivity contribution in [2.24, 2.45) is 34.9 Å². The molecule has 0 aromatic rings. The predicted molar refractivity (Wildman–Crippen MR) is 73.7 cm³/mol. The Balaban J connectivity index is 1.49. The van der Waals surface area contributed by atoms with Crippen molar-refractivity contribution in [1.29, 1.82) is 0 Å². The number of nitrogens with two attached hydrogens (primary N) is 1. The maximum Gasteiger partial charge on any atom is 0.0267 e. The average Bonchev–Trinajstić information content (AvgIpc) is 3.11. The van der Waals surface area contributed by atoms with E-state index in [1.807, 2.05) is 0 Å². The summed E-state index contributed by atoms with van der Waals surface area (Å²) in [4.78, 5) is 0. The first-order valence-corrected chi connectivity index (χ1v) is 8.23. The van der Waals surface area contributed by atoms with E-state index >= 15 is 0 Å². The molecule has 0 saturated heterocycles. The highest BCUT2D eigenvalue weighted by molar-refractivity contribution is 5.05. The van der Waals surface area contributed by atoms with Crippen LogP contribution in [-0.4, -0.2) is 6.04 Å². The van der Waals surface area contributed by atoms with Crippen LogP contribution in [0.2, 0.25) is 0 Å². The Hall–Kier alpha value is -0.0800. The third-order valence-electron chi connectivity index (χ3n) is 6.59. The summed E-state index contributed by atoms with van der Waals surface area (Å²) in [5.74, 6) is 10.1. The maximum atomic E-state index is 5.95. The SMILES string of the molecule is NNC(CCC1CC1)C12CC3CC(CC(C3)C1)C2. The van der Waals surface area contributed by atoms with Crippen LogP contribution in [0, 0.1) is 29.1 Å². The lowest BCUT2D eigenvalue weighted by Crippen LogP contribution is -2.57. The highest BCUT2D eigenvalue weighted by Crippen LogP contribution is 2.61. The van der Waals surface area contributed by atoms with Gasteiger partial charge in [0.25, 0.3) is 0 Å². The zero-order valence-corrected chi connectivity index (χ0v) is 11.5. The molecule has 0 amide bonds. The van der Waals surface area contributed by atoms with Gasteiger partial charge in [-0.3, -0.25) is 11.3 Å². The van der Waals surface area contributed by atoms with Crippen LogP contribution in [-0.2, 0) is 0 Å². The monoisotopic (exact) mass is 248 g/mol. The van der Waals surface area contributed by atoms with E-state index < -0.39 is 0 Å². The summed E-state index contributed by atoms with van der Waals surface area (Å²) >= 11 is 0. The zero-order valence-electron chi connectivity index (χ0n) is 11.5. The van der Waals surface area contributed by atoms with Gasteiger partial charge in [0.2, 0.25) is 0 Å². The standard InChI is InChI=1S/C16H28N2/c17-18-15(4-3-11-1-2-11)16-8-12-5-13(9-16)7-14(6-12)10-16/h11-15,18H,1-10,17H2. The quantitative estimate of drug-likeness (QED) is 0.579. The summed E-state index contributed by atoms with van der Waals surface area (Å²) in [6.45, 7) is 0. The van der Waals surface area contributed by atoms with Crippen molar-refractivity contribution >= 4 is 0 Å². The summed E-state index contributed by atoms with van der Waals surface area (Å²) in [7, 11) is 0. The van der Waals surface area contributed by atoms with Gasteiger partial charge in [-0.2, -0.15) is 0 Å². The molecule has 5 fully saturated rings. The fourth-order valence-corrected chi connectivity index (χ4v) is 5.98. The minimum absolute atomic E-state index is 0.596. The van der Waals surface area contributed by atoms with E-state index in [0.717, 1.165) is 23.7 Å². The van der Waals surface area contributed by atoms with Crippen molar-refractivity contribution in [2.75, 3.05) is 0 Å². The lowest BCUT2D eigenvalue weighted by atomic mass is 9.47. The molecule has 0 radical (unpaired) electrons. The van der Waals surface area contributed by atoms with Crippen LogP contribution in [0.4, 0.5) is 0 Å². The van der Waals surface area contributed by atoms with Crippen LogP contribution in [0.3, 0.4) is 0 Å². The molecule has 2 nitrogen and oxygen atoms in total. The fourth-order valence-electron chi connectivity index (χ4n) is 5.98. The minimum Gasteiger partial charge on any atom is -0.271 e. The van der Waals surface area contributed by atoms with Gasteiger partial charge >= 0.3 is 0 Å². The van der Waals surface area contributed by atoms with Crippen LogP contribution < -0.4 is 11.3 Å². The molecular formula is C16H28N2. The molecule has 0 aromatic carbocycles. The first-order valence-electron chi connectivity index (χ1n) is 8.23. The molecule has 5 aliphatic carbocycles. The van der Waals surface area contributed by atoms with Crippen LogP contribution in [0.5, 0.6) is 0 Å². The molecule has 0 heterocycles. The number of hydrazine groups is 1. The van der Waals surface area contributed by atoms with Crippen molar-refractivity contribution in [1.82, 2.24) is 5.43 Å². The number of nitrogens with one attached hydrogen (secondary N) is 1. The summed E-state index contributed by atoms with van der Waals surface area (Å²) in [5, 5.41) is 0. The summed E-state index contributed by atoms with van der Waals surface area (Å²) in [6, 6.07) is 0.617. The molecule has 5 rings (SSSR count). The normalized spacial score (nSPS) is 47.5. The Morgan fingerprint density at radius 3 is 2.00 bits per heavy atom. The van der Waals surface area contributed by atoms with Gasteiger partial charge in [0.05, 0.1) is 0 Å². The van der Waals surface area contributed by atoms with E-state index in [1.54, 1.807) is 0 Å². The van der Waals surface area contributed by atoms with E-state index in [4.69, 9.17) is 5.84 Å². The molecule has 4 bridgehead atoms. The second-order valence-corrected chi connectivity index (χ2v) is 8.02. The molecule has 5 saturated carbocycles. The number of rotatable bonds is 5. The molecule has 18 heavy (non-hydrogen) atoms. The van der Waals surface area contributed by atoms with Gasteiger partial charge in [-0.15, -0.1) is 0 Å².